The highest BCUT2D eigenvalue weighted by atomic mass is 32.1. The second-order valence-corrected chi connectivity index (χ2v) is 7.94. The first kappa shape index (κ1) is 17.7. The maximum atomic E-state index is 11.6. The molecule has 5 rings (SSSR count). The van der Waals surface area contributed by atoms with Crippen molar-refractivity contribution in [3.05, 3.63) is 54.9 Å². The number of nitrogens with one attached hydrogen (secondary N) is 3. The van der Waals surface area contributed by atoms with Gasteiger partial charge in [0.1, 0.15) is 0 Å². The molecule has 7 nitrogen and oxygen atoms in total. The number of hydrogen-bond donors (Lipinski definition) is 3. The summed E-state index contributed by atoms with van der Waals surface area (Å²) in [6.45, 7) is 2.70. The zero-order valence-corrected chi connectivity index (χ0v) is 16.5. The molecule has 4 heterocycles. The fraction of sp³-hybridized carbons (Fsp3) is 0.190. The molecule has 1 fully saturated rings. The molecule has 4 aromatic rings. The Bertz CT molecular complexity index is 1170. The number of aromatic nitrogens is 3. The lowest BCUT2D eigenvalue weighted by Gasteiger charge is -2.14. The largest absolute Gasteiger partial charge is 0.361 e. The zero-order chi connectivity index (χ0) is 19.6. The number of carbonyl (C=O) groups excluding carboxylic acids is 1. The predicted molar refractivity (Wildman–Crippen MR) is 116 cm³/mol. The Labute approximate surface area is 171 Å². The number of thiophene rings is 1. The van der Waals surface area contributed by atoms with Crippen molar-refractivity contribution in [1.29, 1.82) is 0 Å². The number of aromatic amines is 1. The number of nitrogens with zero attached hydrogens (tertiary/aromatic N) is 3. The van der Waals surface area contributed by atoms with Crippen molar-refractivity contribution in [1.82, 2.24) is 25.2 Å². The summed E-state index contributed by atoms with van der Waals surface area (Å²) in [5.74, 6) is 0.575. The van der Waals surface area contributed by atoms with Gasteiger partial charge in [-0.25, -0.2) is 14.8 Å². The van der Waals surface area contributed by atoms with Crippen LogP contribution in [-0.4, -0.2) is 52.1 Å². The third-order valence-electron chi connectivity index (χ3n) is 4.96. The van der Waals surface area contributed by atoms with Crippen LogP contribution in [0.5, 0.6) is 0 Å². The first-order valence-electron chi connectivity index (χ1n) is 9.54. The van der Waals surface area contributed by atoms with Gasteiger partial charge in [-0.05, 0) is 47.3 Å². The van der Waals surface area contributed by atoms with Crippen molar-refractivity contribution in [3.63, 3.8) is 0 Å². The van der Waals surface area contributed by atoms with Gasteiger partial charge >= 0.3 is 6.03 Å². The van der Waals surface area contributed by atoms with Crippen LogP contribution < -0.4 is 10.6 Å². The number of urea groups is 1. The maximum absolute atomic E-state index is 11.6. The second kappa shape index (κ2) is 7.56. The van der Waals surface area contributed by atoms with Gasteiger partial charge in [-0.3, -0.25) is 0 Å². The minimum atomic E-state index is -0.00888. The number of hydrogen-bond acceptors (Lipinski definition) is 5. The van der Waals surface area contributed by atoms with Gasteiger partial charge in [0.2, 0.25) is 5.95 Å². The number of amides is 2. The number of H-pyrrole nitrogens is 1. The molecule has 0 atom stereocenters. The van der Waals surface area contributed by atoms with E-state index in [4.69, 9.17) is 0 Å². The summed E-state index contributed by atoms with van der Waals surface area (Å²) in [5, 5.41) is 7.22. The summed E-state index contributed by atoms with van der Waals surface area (Å²) in [4.78, 5) is 27.8. The standard InChI is InChI=1S/C21H20N6OS/c28-21-25-10-12-27(21)11-9-24-20-23-8-6-17(26-20)19-4-3-18(29-19)15-1-2-16-14(13-15)5-7-22-16/h1-8,13,22H,9-12H2,(H,25,28)(H,23,24,26). The molecule has 0 saturated carbocycles. The number of carbonyl (C=O) groups is 1. The van der Waals surface area contributed by atoms with Gasteiger partial charge in [0, 0.05) is 49.0 Å². The Hall–Kier alpha value is -3.39. The molecule has 0 spiro atoms. The van der Waals surface area contributed by atoms with Gasteiger partial charge in [0.25, 0.3) is 0 Å². The zero-order valence-electron chi connectivity index (χ0n) is 15.7. The summed E-state index contributed by atoms with van der Waals surface area (Å²) < 4.78 is 0. The molecule has 0 unspecified atom stereocenters. The third kappa shape index (κ3) is 3.66. The van der Waals surface area contributed by atoms with Crippen LogP contribution in [0.25, 0.3) is 31.9 Å². The summed E-state index contributed by atoms with van der Waals surface area (Å²) >= 11 is 1.71. The number of rotatable bonds is 6. The van der Waals surface area contributed by atoms with Gasteiger partial charge in [-0.2, -0.15) is 0 Å². The summed E-state index contributed by atoms with van der Waals surface area (Å²) in [5.41, 5.74) is 3.23. The van der Waals surface area contributed by atoms with E-state index in [2.05, 4.69) is 62.0 Å². The molecule has 29 heavy (non-hydrogen) atoms. The molecule has 3 N–H and O–H groups in total. The quantitative estimate of drug-likeness (QED) is 0.456. The number of benzene rings is 1. The van der Waals surface area contributed by atoms with E-state index in [9.17, 15) is 4.79 Å². The van der Waals surface area contributed by atoms with Crippen LogP contribution in [0, 0.1) is 0 Å². The van der Waals surface area contributed by atoms with Crippen LogP contribution in [0.2, 0.25) is 0 Å². The lowest BCUT2D eigenvalue weighted by Crippen LogP contribution is -2.32. The highest BCUT2D eigenvalue weighted by Gasteiger charge is 2.18. The molecule has 0 bridgehead atoms. The third-order valence-corrected chi connectivity index (χ3v) is 6.12. The van der Waals surface area contributed by atoms with E-state index in [1.807, 2.05) is 12.3 Å². The molecule has 2 amide bonds. The van der Waals surface area contributed by atoms with E-state index in [1.165, 1.54) is 15.8 Å². The van der Waals surface area contributed by atoms with Crippen LogP contribution >= 0.6 is 11.3 Å². The first-order valence-corrected chi connectivity index (χ1v) is 10.4. The van der Waals surface area contributed by atoms with Crippen molar-refractivity contribution in [2.45, 2.75) is 0 Å². The Balaban J connectivity index is 1.29. The molecule has 0 radical (unpaired) electrons. The molecule has 146 valence electrons. The SMILES string of the molecule is O=C1NCCN1CCNc1nccc(-c2ccc(-c3ccc4[nH]ccc4c3)s2)n1. The Morgan fingerprint density at radius 3 is 2.97 bits per heavy atom. The Kier molecular flexibility index (Phi) is 4.61. The molecular weight excluding hydrogens is 384 g/mol. The van der Waals surface area contributed by atoms with Crippen molar-refractivity contribution in [2.24, 2.45) is 0 Å². The van der Waals surface area contributed by atoms with Crippen molar-refractivity contribution in [3.8, 4) is 21.0 Å². The molecule has 1 aliphatic rings. The van der Waals surface area contributed by atoms with Gasteiger partial charge in [-0.15, -0.1) is 11.3 Å². The van der Waals surface area contributed by atoms with Crippen molar-refractivity contribution >= 4 is 34.2 Å². The van der Waals surface area contributed by atoms with Crippen LogP contribution in [-0.2, 0) is 0 Å². The van der Waals surface area contributed by atoms with E-state index in [1.54, 1.807) is 22.4 Å². The highest BCUT2D eigenvalue weighted by molar-refractivity contribution is 7.18. The summed E-state index contributed by atoms with van der Waals surface area (Å²) in [7, 11) is 0. The molecule has 1 aromatic carbocycles. The fourth-order valence-corrected chi connectivity index (χ4v) is 4.42. The first-order chi connectivity index (χ1) is 14.3. The average molecular weight is 404 g/mol. The molecule has 8 heteroatoms. The highest BCUT2D eigenvalue weighted by Crippen LogP contribution is 2.34. The molecule has 1 aliphatic heterocycles. The molecule has 1 saturated heterocycles. The summed E-state index contributed by atoms with van der Waals surface area (Å²) in [6, 6.07) is 14.7. The number of anilines is 1. The van der Waals surface area contributed by atoms with E-state index in [-0.39, 0.29) is 6.03 Å². The smallest absolute Gasteiger partial charge is 0.317 e. The Morgan fingerprint density at radius 2 is 2.07 bits per heavy atom. The van der Waals surface area contributed by atoms with E-state index in [0.29, 0.717) is 25.6 Å². The van der Waals surface area contributed by atoms with E-state index in [0.717, 1.165) is 22.6 Å². The molecule has 3 aromatic heterocycles. The lowest BCUT2D eigenvalue weighted by molar-refractivity contribution is 0.219. The fourth-order valence-electron chi connectivity index (χ4n) is 3.45. The molecular formula is C21H20N6OS. The lowest BCUT2D eigenvalue weighted by atomic mass is 10.1. The van der Waals surface area contributed by atoms with Crippen LogP contribution in [0.1, 0.15) is 0 Å². The van der Waals surface area contributed by atoms with E-state index < -0.39 is 0 Å². The van der Waals surface area contributed by atoms with Crippen LogP contribution in [0.3, 0.4) is 0 Å². The normalized spacial score (nSPS) is 13.8. The van der Waals surface area contributed by atoms with Crippen molar-refractivity contribution < 1.29 is 4.79 Å². The Morgan fingerprint density at radius 1 is 1.14 bits per heavy atom. The predicted octanol–water partition coefficient (Wildman–Crippen LogP) is 3.79. The topological polar surface area (TPSA) is 85.9 Å². The minimum absolute atomic E-state index is 0.00888. The summed E-state index contributed by atoms with van der Waals surface area (Å²) in [6.07, 6.45) is 3.72. The van der Waals surface area contributed by atoms with Gasteiger partial charge in [0.05, 0.1) is 10.6 Å². The molecule has 0 aliphatic carbocycles. The monoisotopic (exact) mass is 404 g/mol. The van der Waals surface area contributed by atoms with Gasteiger partial charge in [-0.1, -0.05) is 6.07 Å². The van der Waals surface area contributed by atoms with Crippen molar-refractivity contribution in [2.75, 3.05) is 31.5 Å². The number of fused-ring (bicyclic) bond motifs is 1. The van der Waals surface area contributed by atoms with Gasteiger partial charge < -0.3 is 20.5 Å². The minimum Gasteiger partial charge on any atom is -0.361 e. The second-order valence-electron chi connectivity index (χ2n) is 6.85. The van der Waals surface area contributed by atoms with Crippen LogP contribution in [0.4, 0.5) is 10.7 Å². The van der Waals surface area contributed by atoms with Crippen LogP contribution in [0.15, 0.2) is 54.9 Å². The van der Waals surface area contributed by atoms with Gasteiger partial charge in [0.15, 0.2) is 0 Å². The maximum Gasteiger partial charge on any atom is 0.317 e. The average Bonchev–Trinajstić information content (AvgIpc) is 3.49. The van der Waals surface area contributed by atoms with E-state index >= 15 is 0 Å².